The number of carbonyl (C=O) groups is 1. The topological polar surface area (TPSA) is 79.8 Å². The zero-order valence-electron chi connectivity index (χ0n) is 15.9. The van der Waals surface area contributed by atoms with Crippen LogP contribution in [0.15, 0.2) is 33.7 Å². The molecule has 0 spiro atoms. The summed E-state index contributed by atoms with van der Waals surface area (Å²) in [6.07, 6.45) is 2.45. The first-order valence-electron chi connectivity index (χ1n) is 8.98. The predicted molar refractivity (Wildman–Crippen MR) is 110 cm³/mol. The number of carbonyl (C=O) groups excluding carboxylic acids is 1. The van der Waals surface area contributed by atoms with Crippen molar-refractivity contribution in [2.24, 2.45) is 0 Å². The monoisotopic (exact) mass is 430 g/mol. The number of nitrogens with zero attached hydrogens (tertiary/aromatic N) is 2. The van der Waals surface area contributed by atoms with E-state index in [0.717, 1.165) is 33.1 Å². The average Bonchev–Trinajstić information content (AvgIpc) is 3.03. The second-order valence-corrected chi connectivity index (χ2v) is 7.81. The molecule has 27 heavy (non-hydrogen) atoms. The van der Waals surface area contributed by atoms with Crippen molar-refractivity contribution in [3.63, 3.8) is 0 Å². The Kier molecular flexibility index (Phi) is 5.51. The van der Waals surface area contributed by atoms with Gasteiger partial charge < -0.3 is 10.3 Å². The van der Waals surface area contributed by atoms with Crippen molar-refractivity contribution >= 4 is 32.7 Å². The molecule has 2 N–H and O–H groups in total. The highest BCUT2D eigenvalue weighted by molar-refractivity contribution is 9.10. The van der Waals surface area contributed by atoms with E-state index >= 15 is 0 Å². The van der Waals surface area contributed by atoms with Gasteiger partial charge in [-0.25, -0.2) is 0 Å². The summed E-state index contributed by atoms with van der Waals surface area (Å²) >= 11 is 3.48. The van der Waals surface area contributed by atoms with Gasteiger partial charge in [0.05, 0.1) is 17.3 Å². The summed E-state index contributed by atoms with van der Waals surface area (Å²) < 4.78 is 2.70. The summed E-state index contributed by atoms with van der Waals surface area (Å²) in [6.45, 7) is 8.13. The van der Waals surface area contributed by atoms with Crippen LogP contribution in [0.1, 0.15) is 54.0 Å². The third-order valence-corrected chi connectivity index (χ3v) is 5.04. The smallest absolute Gasteiger partial charge is 0.253 e. The second kappa shape index (κ2) is 7.68. The number of amides is 1. The van der Waals surface area contributed by atoms with Gasteiger partial charge in [-0.2, -0.15) is 5.10 Å². The van der Waals surface area contributed by atoms with Gasteiger partial charge in [0.15, 0.2) is 0 Å². The fourth-order valence-electron chi connectivity index (χ4n) is 3.27. The molecular weight excluding hydrogens is 408 g/mol. The quantitative estimate of drug-likeness (QED) is 0.644. The van der Waals surface area contributed by atoms with E-state index in [1.165, 1.54) is 0 Å². The largest absolute Gasteiger partial charge is 0.348 e. The van der Waals surface area contributed by atoms with Gasteiger partial charge in [-0.15, -0.1) is 0 Å². The first-order chi connectivity index (χ1) is 12.8. The summed E-state index contributed by atoms with van der Waals surface area (Å²) in [5.41, 5.74) is 3.64. The fourth-order valence-corrected chi connectivity index (χ4v) is 3.71. The molecule has 0 saturated heterocycles. The van der Waals surface area contributed by atoms with E-state index in [2.05, 4.69) is 31.3 Å². The average molecular weight is 431 g/mol. The van der Waals surface area contributed by atoms with E-state index in [1.807, 2.05) is 44.5 Å². The van der Waals surface area contributed by atoms with Gasteiger partial charge in [-0.05, 0) is 51.0 Å². The SMILES string of the molecule is CCc1cc(C)[nH]c(=O)c1CNC(=O)c1cc(Br)cc2c1cnn2C(C)C. The first-order valence-corrected chi connectivity index (χ1v) is 9.77. The molecule has 142 valence electrons. The predicted octanol–water partition coefficient (Wildman–Crippen LogP) is 3.87. The van der Waals surface area contributed by atoms with Crippen LogP contribution in [-0.2, 0) is 13.0 Å². The van der Waals surface area contributed by atoms with Crippen molar-refractivity contribution in [3.8, 4) is 0 Å². The fraction of sp³-hybridized carbons (Fsp3) is 0.350. The number of rotatable bonds is 5. The van der Waals surface area contributed by atoms with E-state index in [1.54, 1.807) is 12.3 Å². The van der Waals surface area contributed by atoms with Crippen molar-refractivity contribution in [3.05, 3.63) is 61.6 Å². The molecule has 0 fully saturated rings. The Morgan fingerprint density at radius 3 is 2.74 bits per heavy atom. The van der Waals surface area contributed by atoms with Crippen molar-refractivity contribution in [1.29, 1.82) is 0 Å². The van der Waals surface area contributed by atoms with Gasteiger partial charge >= 0.3 is 0 Å². The number of aromatic amines is 1. The van der Waals surface area contributed by atoms with Crippen LogP contribution in [-0.4, -0.2) is 20.7 Å². The van der Waals surface area contributed by atoms with Gasteiger partial charge in [0, 0.05) is 33.7 Å². The Balaban J connectivity index is 1.93. The van der Waals surface area contributed by atoms with Crippen molar-refractivity contribution in [2.45, 2.75) is 46.7 Å². The standard InChI is InChI=1S/C20H23BrN4O2/c1-5-13-6-12(4)24-20(27)16(13)9-22-19(26)15-7-14(21)8-18-17(15)10-23-25(18)11(2)3/h6-8,10-11H,5,9H2,1-4H3,(H,22,26)(H,24,27). The Morgan fingerprint density at radius 2 is 2.07 bits per heavy atom. The van der Waals surface area contributed by atoms with Crippen LogP contribution in [0.4, 0.5) is 0 Å². The second-order valence-electron chi connectivity index (χ2n) is 6.89. The molecule has 0 saturated carbocycles. The minimum atomic E-state index is -0.230. The molecule has 3 rings (SSSR count). The van der Waals surface area contributed by atoms with Crippen LogP contribution < -0.4 is 10.9 Å². The lowest BCUT2D eigenvalue weighted by Gasteiger charge is -2.11. The minimum Gasteiger partial charge on any atom is -0.348 e. The molecule has 1 amide bonds. The molecule has 0 aliphatic carbocycles. The number of aromatic nitrogens is 3. The van der Waals surface area contributed by atoms with E-state index in [-0.39, 0.29) is 24.1 Å². The van der Waals surface area contributed by atoms with E-state index in [9.17, 15) is 9.59 Å². The molecule has 2 aromatic heterocycles. The third-order valence-electron chi connectivity index (χ3n) is 4.58. The molecule has 0 radical (unpaired) electrons. The van der Waals surface area contributed by atoms with Gasteiger partial charge in [-0.3, -0.25) is 14.3 Å². The number of nitrogens with one attached hydrogen (secondary N) is 2. The van der Waals surface area contributed by atoms with E-state index < -0.39 is 0 Å². The maximum atomic E-state index is 12.9. The Hall–Kier alpha value is -2.41. The zero-order valence-corrected chi connectivity index (χ0v) is 17.5. The number of aryl methyl sites for hydroxylation is 2. The van der Waals surface area contributed by atoms with Crippen LogP contribution in [0.25, 0.3) is 10.9 Å². The van der Waals surface area contributed by atoms with Gasteiger partial charge in [0.25, 0.3) is 11.5 Å². The van der Waals surface area contributed by atoms with Crippen LogP contribution >= 0.6 is 15.9 Å². The first kappa shape index (κ1) is 19.4. The highest BCUT2D eigenvalue weighted by atomic mass is 79.9. The number of hydrogen-bond acceptors (Lipinski definition) is 3. The molecule has 0 bridgehead atoms. The normalized spacial score (nSPS) is 11.3. The molecule has 0 unspecified atom stereocenters. The van der Waals surface area contributed by atoms with Gasteiger partial charge in [0.2, 0.25) is 0 Å². The van der Waals surface area contributed by atoms with Crippen molar-refractivity contribution in [1.82, 2.24) is 20.1 Å². The molecule has 6 nitrogen and oxygen atoms in total. The van der Waals surface area contributed by atoms with Crippen LogP contribution in [0.5, 0.6) is 0 Å². The zero-order chi connectivity index (χ0) is 19.7. The molecule has 0 aliphatic heterocycles. The highest BCUT2D eigenvalue weighted by Gasteiger charge is 2.17. The van der Waals surface area contributed by atoms with E-state index in [0.29, 0.717) is 11.1 Å². The molecule has 2 heterocycles. The number of fused-ring (bicyclic) bond motifs is 1. The lowest BCUT2D eigenvalue weighted by molar-refractivity contribution is 0.0952. The lowest BCUT2D eigenvalue weighted by Crippen LogP contribution is -2.28. The van der Waals surface area contributed by atoms with Crippen LogP contribution in [0.3, 0.4) is 0 Å². The summed E-state index contributed by atoms with van der Waals surface area (Å²) in [4.78, 5) is 27.9. The maximum absolute atomic E-state index is 12.9. The van der Waals surface area contributed by atoms with Gasteiger partial charge in [-0.1, -0.05) is 22.9 Å². The Morgan fingerprint density at radius 1 is 1.33 bits per heavy atom. The number of pyridine rings is 1. The Bertz CT molecular complexity index is 1070. The summed E-state index contributed by atoms with van der Waals surface area (Å²) in [5, 5.41) is 8.09. The summed E-state index contributed by atoms with van der Waals surface area (Å²) in [5.74, 6) is -0.230. The molecule has 1 aromatic carbocycles. The van der Waals surface area contributed by atoms with Crippen molar-refractivity contribution in [2.75, 3.05) is 0 Å². The number of hydrogen-bond donors (Lipinski definition) is 2. The summed E-state index contributed by atoms with van der Waals surface area (Å²) in [6, 6.07) is 5.88. The van der Waals surface area contributed by atoms with Crippen LogP contribution in [0, 0.1) is 6.92 Å². The molecule has 3 aromatic rings. The van der Waals surface area contributed by atoms with Gasteiger partial charge in [0.1, 0.15) is 0 Å². The minimum absolute atomic E-state index is 0.154. The molecule has 0 atom stereocenters. The summed E-state index contributed by atoms with van der Waals surface area (Å²) in [7, 11) is 0. The Labute approximate surface area is 166 Å². The molecule has 7 heteroatoms. The van der Waals surface area contributed by atoms with Crippen LogP contribution in [0.2, 0.25) is 0 Å². The molecule has 0 aliphatic rings. The number of halogens is 1. The third kappa shape index (κ3) is 3.83. The lowest BCUT2D eigenvalue weighted by atomic mass is 10.1. The number of H-pyrrole nitrogens is 1. The number of benzene rings is 1. The highest BCUT2D eigenvalue weighted by Crippen LogP contribution is 2.26. The van der Waals surface area contributed by atoms with E-state index in [4.69, 9.17) is 0 Å². The maximum Gasteiger partial charge on any atom is 0.253 e. The molecular formula is C20H23BrN4O2. The van der Waals surface area contributed by atoms with Crippen molar-refractivity contribution < 1.29 is 4.79 Å².